The quantitative estimate of drug-likeness (QED) is 0.467. The lowest BCUT2D eigenvalue weighted by Gasteiger charge is -2.20. The smallest absolute Gasteiger partial charge is 0.0526 e. The summed E-state index contributed by atoms with van der Waals surface area (Å²) >= 11 is 0. The van der Waals surface area contributed by atoms with E-state index in [9.17, 15) is 0 Å². The molecular weight excluding hydrogens is 376 g/mol. The Balaban J connectivity index is 1.55. The van der Waals surface area contributed by atoms with Gasteiger partial charge in [-0.15, -0.1) is 0 Å². The van der Waals surface area contributed by atoms with Crippen LogP contribution in [0.1, 0.15) is 30.0 Å². The van der Waals surface area contributed by atoms with E-state index in [1.165, 1.54) is 39.1 Å². The molecule has 3 aromatic carbocycles. The first-order chi connectivity index (χ1) is 15.3. The van der Waals surface area contributed by atoms with Gasteiger partial charge in [0.1, 0.15) is 0 Å². The third kappa shape index (κ3) is 5.04. The van der Waals surface area contributed by atoms with Crippen molar-refractivity contribution in [1.82, 2.24) is 10.6 Å². The molecule has 156 valence electrons. The highest BCUT2D eigenvalue weighted by Crippen LogP contribution is 2.30. The monoisotopic (exact) mass is 406 g/mol. The van der Waals surface area contributed by atoms with Crippen molar-refractivity contribution in [3.63, 3.8) is 0 Å². The molecule has 31 heavy (non-hydrogen) atoms. The number of benzene rings is 3. The molecule has 2 N–H and O–H groups in total. The highest BCUT2D eigenvalue weighted by molar-refractivity contribution is 5.69. The van der Waals surface area contributed by atoms with Gasteiger partial charge in [0.15, 0.2) is 0 Å². The molecule has 0 aromatic heterocycles. The zero-order valence-electron chi connectivity index (χ0n) is 18.3. The predicted molar refractivity (Wildman–Crippen MR) is 133 cm³/mol. The Morgan fingerprint density at radius 3 is 1.87 bits per heavy atom. The van der Waals surface area contributed by atoms with Crippen LogP contribution < -0.4 is 10.6 Å². The highest BCUT2D eigenvalue weighted by atomic mass is 14.9. The van der Waals surface area contributed by atoms with E-state index in [-0.39, 0.29) is 6.04 Å². The van der Waals surface area contributed by atoms with E-state index in [1.807, 2.05) is 14.1 Å². The van der Waals surface area contributed by atoms with E-state index < -0.39 is 0 Å². The SMILES string of the molecule is CN/C(=C\C(NC)c1ccc(-c2ccccc2)cc1)C1=CC=C(c2ccccc2)CC1. The van der Waals surface area contributed by atoms with Crippen LogP contribution in [-0.4, -0.2) is 14.1 Å². The van der Waals surface area contributed by atoms with Gasteiger partial charge >= 0.3 is 0 Å². The number of hydrogen-bond acceptors (Lipinski definition) is 2. The summed E-state index contributed by atoms with van der Waals surface area (Å²) in [6, 6.07) is 30.2. The Morgan fingerprint density at radius 2 is 1.32 bits per heavy atom. The number of likely N-dealkylation sites (N-methyl/N-ethyl adjacent to an activating group) is 2. The minimum Gasteiger partial charge on any atom is -0.388 e. The van der Waals surface area contributed by atoms with Gasteiger partial charge < -0.3 is 10.6 Å². The van der Waals surface area contributed by atoms with Gasteiger partial charge in [-0.2, -0.15) is 0 Å². The maximum Gasteiger partial charge on any atom is 0.0526 e. The first kappa shape index (κ1) is 20.9. The zero-order valence-corrected chi connectivity index (χ0v) is 18.3. The van der Waals surface area contributed by atoms with Crippen LogP contribution in [0.2, 0.25) is 0 Å². The molecule has 0 aliphatic heterocycles. The van der Waals surface area contributed by atoms with E-state index in [4.69, 9.17) is 0 Å². The van der Waals surface area contributed by atoms with Crippen LogP contribution in [0.25, 0.3) is 16.7 Å². The summed E-state index contributed by atoms with van der Waals surface area (Å²) in [4.78, 5) is 0. The standard InChI is InChI=1S/C29H30N2/c1-30-28(26-17-13-24(14-18-26)22-9-5-3-6-10-22)21-29(31-2)27-19-15-25(16-20-27)23-11-7-4-8-12-23/h3-15,17-19,21,28,30-31H,16,20H2,1-2H3/b29-21-. The first-order valence-corrected chi connectivity index (χ1v) is 11.0. The largest absolute Gasteiger partial charge is 0.388 e. The molecule has 0 saturated heterocycles. The highest BCUT2D eigenvalue weighted by Gasteiger charge is 2.14. The molecule has 0 heterocycles. The topological polar surface area (TPSA) is 24.1 Å². The van der Waals surface area contributed by atoms with Crippen LogP contribution in [0.5, 0.6) is 0 Å². The Bertz CT molecular complexity index is 1070. The van der Waals surface area contributed by atoms with E-state index in [0.717, 1.165) is 12.8 Å². The van der Waals surface area contributed by atoms with Crippen molar-refractivity contribution in [2.45, 2.75) is 18.9 Å². The van der Waals surface area contributed by atoms with Gasteiger partial charge in [-0.3, -0.25) is 0 Å². The molecule has 0 amide bonds. The van der Waals surface area contributed by atoms with Gasteiger partial charge in [0.05, 0.1) is 6.04 Å². The average Bonchev–Trinajstić information content (AvgIpc) is 2.86. The van der Waals surface area contributed by atoms with Crippen LogP contribution in [0.15, 0.2) is 114 Å². The maximum atomic E-state index is 3.46. The Hall–Kier alpha value is -3.36. The fourth-order valence-corrected chi connectivity index (χ4v) is 4.13. The number of rotatable bonds is 7. The molecule has 0 fully saturated rings. The zero-order chi connectivity index (χ0) is 21.5. The van der Waals surface area contributed by atoms with E-state index >= 15 is 0 Å². The third-order valence-corrected chi connectivity index (χ3v) is 5.93. The molecule has 0 spiro atoms. The van der Waals surface area contributed by atoms with Crippen molar-refractivity contribution in [1.29, 1.82) is 0 Å². The van der Waals surface area contributed by atoms with Crippen molar-refractivity contribution < 1.29 is 0 Å². The molecule has 0 radical (unpaired) electrons. The van der Waals surface area contributed by atoms with E-state index in [1.54, 1.807) is 0 Å². The van der Waals surface area contributed by atoms with Crippen molar-refractivity contribution in [2.24, 2.45) is 0 Å². The van der Waals surface area contributed by atoms with E-state index in [0.29, 0.717) is 0 Å². The molecular formula is C29H30N2. The van der Waals surface area contributed by atoms with Gasteiger partial charge in [0.2, 0.25) is 0 Å². The lowest BCUT2D eigenvalue weighted by molar-refractivity contribution is 0.702. The number of nitrogens with one attached hydrogen (secondary N) is 2. The molecule has 0 bridgehead atoms. The fraction of sp³-hybridized carbons (Fsp3) is 0.172. The summed E-state index contributed by atoms with van der Waals surface area (Å²) in [6.45, 7) is 0. The van der Waals surface area contributed by atoms with Crippen LogP contribution >= 0.6 is 0 Å². The van der Waals surface area contributed by atoms with Crippen LogP contribution in [0.3, 0.4) is 0 Å². The Kier molecular flexibility index (Phi) is 6.81. The van der Waals surface area contributed by atoms with Crippen LogP contribution in [-0.2, 0) is 0 Å². The fourth-order valence-electron chi connectivity index (χ4n) is 4.13. The predicted octanol–water partition coefficient (Wildman–Crippen LogP) is 6.52. The maximum absolute atomic E-state index is 3.46. The van der Waals surface area contributed by atoms with Crippen LogP contribution in [0, 0.1) is 0 Å². The second-order valence-electron chi connectivity index (χ2n) is 7.83. The average molecular weight is 407 g/mol. The molecule has 3 aromatic rings. The summed E-state index contributed by atoms with van der Waals surface area (Å²) in [6.07, 6.45) is 8.92. The molecule has 1 aliphatic carbocycles. The lowest BCUT2D eigenvalue weighted by atomic mass is 9.91. The summed E-state index contributed by atoms with van der Waals surface area (Å²) in [7, 11) is 4.02. The number of allylic oxidation sites excluding steroid dienone is 4. The minimum atomic E-state index is 0.146. The molecule has 2 nitrogen and oxygen atoms in total. The summed E-state index contributed by atoms with van der Waals surface area (Å²) in [5.41, 5.74) is 9.01. The molecule has 4 rings (SSSR count). The molecule has 1 atom stereocenters. The van der Waals surface area contributed by atoms with Gasteiger partial charge in [-0.25, -0.2) is 0 Å². The van der Waals surface area contributed by atoms with Gasteiger partial charge in [-0.05, 0) is 59.4 Å². The second kappa shape index (κ2) is 10.1. The van der Waals surface area contributed by atoms with Crippen molar-refractivity contribution in [3.8, 4) is 11.1 Å². The molecule has 2 heteroatoms. The van der Waals surface area contributed by atoms with Gasteiger partial charge in [0, 0.05) is 12.7 Å². The summed E-state index contributed by atoms with van der Waals surface area (Å²) < 4.78 is 0. The third-order valence-electron chi connectivity index (χ3n) is 5.93. The Morgan fingerprint density at radius 1 is 0.710 bits per heavy atom. The molecule has 0 saturated carbocycles. The van der Waals surface area contributed by atoms with E-state index in [2.05, 4.69) is 114 Å². The normalized spacial score (nSPS) is 15.1. The molecule has 1 aliphatic rings. The Labute approximate surface area is 186 Å². The van der Waals surface area contributed by atoms with Crippen molar-refractivity contribution in [3.05, 3.63) is 126 Å². The molecule has 1 unspecified atom stereocenters. The summed E-state index contributed by atoms with van der Waals surface area (Å²) in [5, 5.41) is 6.88. The first-order valence-electron chi connectivity index (χ1n) is 11.0. The second-order valence-corrected chi connectivity index (χ2v) is 7.83. The van der Waals surface area contributed by atoms with Crippen molar-refractivity contribution in [2.75, 3.05) is 14.1 Å². The summed E-state index contributed by atoms with van der Waals surface area (Å²) in [5.74, 6) is 0. The number of hydrogen-bond donors (Lipinski definition) is 2. The van der Waals surface area contributed by atoms with Crippen molar-refractivity contribution >= 4 is 5.57 Å². The van der Waals surface area contributed by atoms with Gasteiger partial charge in [0.25, 0.3) is 0 Å². The van der Waals surface area contributed by atoms with Gasteiger partial charge in [-0.1, -0.05) is 97.1 Å². The lowest BCUT2D eigenvalue weighted by Crippen LogP contribution is -2.18. The minimum absolute atomic E-state index is 0.146. The van der Waals surface area contributed by atoms with Crippen LogP contribution in [0.4, 0.5) is 0 Å².